The van der Waals surface area contributed by atoms with Crippen LogP contribution >= 0.6 is 11.3 Å². The summed E-state index contributed by atoms with van der Waals surface area (Å²) in [7, 11) is 0. The molecule has 0 unspecified atom stereocenters. The van der Waals surface area contributed by atoms with E-state index in [-0.39, 0.29) is 5.82 Å². The lowest BCUT2D eigenvalue weighted by Gasteiger charge is -2.03. The molecule has 0 bridgehead atoms. The van der Waals surface area contributed by atoms with Gasteiger partial charge >= 0.3 is 0 Å². The van der Waals surface area contributed by atoms with Crippen LogP contribution in [0, 0.1) is 5.82 Å². The summed E-state index contributed by atoms with van der Waals surface area (Å²) in [5, 5.41) is 6.75. The van der Waals surface area contributed by atoms with Gasteiger partial charge in [-0.25, -0.2) is 9.37 Å². The zero-order valence-electron chi connectivity index (χ0n) is 13.1. The molecule has 0 saturated carbocycles. The second-order valence-corrected chi connectivity index (χ2v) is 5.79. The second-order valence-electron chi connectivity index (χ2n) is 4.93. The molecular weight excluding hydrogens is 325 g/mol. The van der Waals surface area contributed by atoms with Crippen molar-refractivity contribution in [2.75, 3.05) is 12.0 Å². The molecule has 0 aliphatic rings. The van der Waals surface area contributed by atoms with Crippen LogP contribution in [0.1, 0.15) is 12.5 Å². The minimum Gasteiger partial charge on any atom is -0.494 e. The van der Waals surface area contributed by atoms with Crippen LogP contribution < -0.4 is 10.2 Å². The van der Waals surface area contributed by atoms with Gasteiger partial charge < -0.3 is 4.74 Å². The standard InChI is InChI=1S/C18H16FN3OS/c1-2-23-16-9-13(8-15(19)10-16)11-20-22-18-21-17(12-24-18)14-6-4-3-5-7-14/h3-12H,2H2,1H3,(H,21,22). The fourth-order valence-corrected chi connectivity index (χ4v) is 2.81. The SMILES string of the molecule is CCOc1cc(F)cc(C=NNc2nc(-c3ccccc3)cs2)c1. The van der Waals surface area contributed by atoms with E-state index in [9.17, 15) is 4.39 Å². The average molecular weight is 341 g/mol. The molecule has 0 spiro atoms. The molecule has 4 nitrogen and oxygen atoms in total. The van der Waals surface area contributed by atoms with Crippen molar-refractivity contribution in [2.45, 2.75) is 6.92 Å². The first kappa shape index (κ1) is 16.1. The van der Waals surface area contributed by atoms with E-state index in [1.54, 1.807) is 6.07 Å². The molecular formula is C18H16FN3OS. The summed E-state index contributed by atoms with van der Waals surface area (Å²) < 4.78 is 18.8. The Morgan fingerprint density at radius 1 is 1.25 bits per heavy atom. The van der Waals surface area contributed by atoms with Gasteiger partial charge in [0, 0.05) is 22.6 Å². The van der Waals surface area contributed by atoms with E-state index >= 15 is 0 Å². The molecule has 3 aromatic rings. The average Bonchev–Trinajstić information content (AvgIpc) is 3.04. The lowest BCUT2D eigenvalue weighted by Crippen LogP contribution is -1.95. The molecule has 1 N–H and O–H groups in total. The molecule has 0 radical (unpaired) electrons. The van der Waals surface area contributed by atoms with E-state index in [4.69, 9.17) is 4.74 Å². The fraction of sp³-hybridized carbons (Fsp3) is 0.111. The lowest BCUT2D eigenvalue weighted by atomic mass is 10.2. The molecule has 6 heteroatoms. The minimum absolute atomic E-state index is 0.358. The minimum atomic E-state index is -0.358. The Hall–Kier alpha value is -2.73. The normalized spacial score (nSPS) is 10.9. The molecule has 0 atom stereocenters. The number of ether oxygens (including phenoxy) is 1. The van der Waals surface area contributed by atoms with E-state index in [2.05, 4.69) is 15.5 Å². The van der Waals surface area contributed by atoms with Gasteiger partial charge in [-0.3, -0.25) is 5.43 Å². The maximum Gasteiger partial charge on any atom is 0.203 e. The van der Waals surface area contributed by atoms with E-state index in [0.29, 0.717) is 23.1 Å². The van der Waals surface area contributed by atoms with Crippen LogP contribution in [-0.2, 0) is 0 Å². The summed E-state index contributed by atoms with van der Waals surface area (Å²) in [4.78, 5) is 4.47. The Morgan fingerprint density at radius 3 is 2.88 bits per heavy atom. The van der Waals surface area contributed by atoms with Crippen molar-refractivity contribution in [1.82, 2.24) is 4.98 Å². The molecule has 122 valence electrons. The summed E-state index contributed by atoms with van der Waals surface area (Å²) >= 11 is 1.46. The highest BCUT2D eigenvalue weighted by molar-refractivity contribution is 7.14. The number of aromatic nitrogens is 1. The Morgan fingerprint density at radius 2 is 2.08 bits per heavy atom. The zero-order valence-corrected chi connectivity index (χ0v) is 13.9. The van der Waals surface area contributed by atoms with Crippen molar-refractivity contribution in [1.29, 1.82) is 0 Å². The van der Waals surface area contributed by atoms with Gasteiger partial charge in [0.05, 0.1) is 18.5 Å². The van der Waals surface area contributed by atoms with Crippen LogP contribution in [0.15, 0.2) is 59.0 Å². The van der Waals surface area contributed by atoms with Gasteiger partial charge in [-0.05, 0) is 19.1 Å². The summed E-state index contributed by atoms with van der Waals surface area (Å²) in [5.41, 5.74) is 5.43. The zero-order chi connectivity index (χ0) is 16.8. The van der Waals surface area contributed by atoms with E-state index < -0.39 is 0 Å². The Balaban J connectivity index is 1.68. The number of anilines is 1. The van der Waals surface area contributed by atoms with E-state index in [0.717, 1.165) is 11.3 Å². The number of nitrogens with zero attached hydrogens (tertiary/aromatic N) is 2. The van der Waals surface area contributed by atoms with Crippen molar-refractivity contribution in [3.05, 3.63) is 65.3 Å². The number of hydrogen-bond donors (Lipinski definition) is 1. The summed E-state index contributed by atoms with van der Waals surface area (Å²) in [5.74, 6) is 0.127. The molecule has 1 aromatic heterocycles. The third-order valence-electron chi connectivity index (χ3n) is 3.15. The van der Waals surface area contributed by atoms with Crippen LogP contribution in [0.4, 0.5) is 9.52 Å². The molecule has 3 rings (SSSR count). The quantitative estimate of drug-likeness (QED) is 0.518. The smallest absolute Gasteiger partial charge is 0.203 e. The highest BCUT2D eigenvalue weighted by atomic mass is 32.1. The van der Waals surface area contributed by atoms with Crippen molar-refractivity contribution < 1.29 is 9.13 Å². The predicted molar refractivity (Wildman–Crippen MR) is 96.3 cm³/mol. The predicted octanol–water partition coefficient (Wildman–Crippen LogP) is 4.79. The van der Waals surface area contributed by atoms with Gasteiger partial charge in [0.2, 0.25) is 5.13 Å². The van der Waals surface area contributed by atoms with E-state index in [1.165, 1.54) is 29.7 Å². The first-order valence-corrected chi connectivity index (χ1v) is 8.36. The van der Waals surface area contributed by atoms with Gasteiger partial charge in [-0.2, -0.15) is 5.10 Å². The molecule has 1 heterocycles. The van der Waals surface area contributed by atoms with Crippen LogP contribution in [0.2, 0.25) is 0 Å². The number of rotatable bonds is 6. The Labute approximate surface area is 143 Å². The number of benzene rings is 2. The highest BCUT2D eigenvalue weighted by Crippen LogP contribution is 2.24. The summed E-state index contributed by atoms with van der Waals surface area (Å²) in [6.07, 6.45) is 1.54. The molecule has 0 aliphatic heterocycles. The third kappa shape index (κ3) is 4.17. The van der Waals surface area contributed by atoms with Gasteiger partial charge in [-0.1, -0.05) is 30.3 Å². The molecule has 24 heavy (non-hydrogen) atoms. The summed E-state index contributed by atoms with van der Waals surface area (Å²) in [6.45, 7) is 2.34. The number of thiazole rings is 1. The maximum absolute atomic E-state index is 13.5. The first-order chi connectivity index (χ1) is 11.7. The fourth-order valence-electron chi connectivity index (χ4n) is 2.14. The molecule has 0 aliphatic carbocycles. The summed E-state index contributed by atoms with van der Waals surface area (Å²) in [6, 6.07) is 14.4. The third-order valence-corrected chi connectivity index (χ3v) is 3.90. The highest BCUT2D eigenvalue weighted by Gasteiger charge is 2.03. The van der Waals surface area contributed by atoms with Crippen molar-refractivity contribution >= 4 is 22.7 Å². The molecule has 0 saturated heterocycles. The Kier molecular flexibility index (Phi) is 5.18. The Bertz CT molecular complexity index is 833. The van der Waals surface area contributed by atoms with Crippen LogP contribution in [0.25, 0.3) is 11.3 Å². The van der Waals surface area contributed by atoms with Crippen LogP contribution in [0.3, 0.4) is 0 Å². The number of hydrogen-bond acceptors (Lipinski definition) is 5. The van der Waals surface area contributed by atoms with Crippen LogP contribution in [0.5, 0.6) is 5.75 Å². The first-order valence-electron chi connectivity index (χ1n) is 7.48. The van der Waals surface area contributed by atoms with Gasteiger partial charge in [0.1, 0.15) is 11.6 Å². The molecule has 2 aromatic carbocycles. The van der Waals surface area contributed by atoms with Crippen molar-refractivity contribution in [3.8, 4) is 17.0 Å². The second kappa shape index (κ2) is 7.70. The van der Waals surface area contributed by atoms with Gasteiger partial charge in [0.25, 0.3) is 0 Å². The number of hydrazone groups is 1. The molecule has 0 amide bonds. The van der Waals surface area contributed by atoms with Gasteiger partial charge in [-0.15, -0.1) is 11.3 Å². The van der Waals surface area contributed by atoms with E-state index in [1.807, 2.05) is 42.6 Å². The maximum atomic E-state index is 13.5. The monoisotopic (exact) mass is 341 g/mol. The topological polar surface area (TPSA) is 46.5 Å². The molecule has 0 fully saturated rings. The van der Waals surface area contributed by atoms with Crippen molar-refractivity contribution in [3.63, 3.8) is 0 Å². The van der Waals surface area contributed by atoms with Gasteiger partial charge in [0.15, 0.2) is 0 Å². The lowest BCUT2D eigenvalue weighted by molar-refractivity contribution is 0.338. The van der Waals surface area contributed by atoms with Crippen molar-refractivity contribution in [2.24, 2.45) is 5.10 Å². The largest absolute Gasteiger partial charge is 0.494 e. The number of halogens is 1. The van der Waals surface area contributed by atoms with Crippen LogP contribution in [-0.4, -0.2) is 17.8 Å². The number of nitrogens with one attached hydrogen (secondary N) is 1.